The first-order valence-corrected chi connectivity index (χ1v) is 41.5. The standard InChI is InChI=1S/C95H157O4P/c1-77(2)39-21-40-78(3)41-22-42-79(4)43-23-44-80(5)45-24-46-81(6)47-25-48-82(7)49-26-50-83(8)51-27-52-84(9)53-28-54-85(10)55-29-56-86(11)57-30-58-87(12)59-31-60-88(13)61-32-62-89(14)63-33-64-90(15)65-34-66-91(16)67-35-68-92(17)69-36-70-93(18)71-37-72-94(19)73-38-74-95(20)75-76-99-100(96,97)98/h39,41,43,45,47,49,51,53,55,57,59,61,63,65,67,69,71,73,95H,21-38,40,42,44,46,48,50,52,54,56,58,60,62,64,66,68,70,72,74-76H2,1-20H3,(H2,96,97,98)/b78-41+,79-43+,80-45-,81-47-,82-49-,83-51-,84-53-,85-55-,86-57-,87-59-,88-61-,89-63-,90-65-,91-67-,92-69-,93-71-,94-73-/t95-/m0/s1. The average molecular weight is 1390 g/mol. The molecular formula is C95H157O4P. The number of allylic oxidation sites excluding steroid dienone is 36. The topological polar surface area (TPSA) is 66.8 Å². The van der Waals surface area contributed by atoms with Gasteiger partial charge in [0.05, 0.1) is 6.61 Å². The van der Waals surface area contributed by atoms with Gasteiger partial charge >= 0.3 is 7.82 Å². The zero-order valence-corrected chi connectivity index (χ0v) is 69.9. The average Bonchev–Trinajstić information content (AvgIpc) is 1.53. The zero-order valence-electron chi connectivity index (χ0n) is 69.0. The van der Waals surface area contributed by atoms with E-state index < -0.39 is 7.82 Å². The second-order valence-corrected chi connectivity index (χ2v) is 32.3. The Kier molecular flexibility index (Phi) is 59.0. The van der Waals surface area contributed by atoms with Crippen LogP contribution in [0.25, 0.3) is 0 Å². The van der Waals surface area contributed by atoms with Crippen molar-refractivity contribution in [3.8, 4) is 0 Å². The van der Waals surface area contributed by atoms with Crippen LogP contribution in [0.2, 0.25) is 0 Å². The summed E-state index contributed by atoms with van der Waals surface area (Å²) in [5.41, 5.74) is 27.1. The zero-order chi connectivity index (χ0) is 74.8. The molecule has 0 saturated heterocycles. The van der Waals surface area contributed by atoms with E-state index in [2.05, 4.69) is 252 Å². The van der Waals surface area contributed by atoms with E-state index >= 15 is 0 Å². The van der Waals surface area contributed by atoms with Crippen LogP contribution in [0.15, 0.2) is 210 Å². The van der Waals surface area contributed by atoms with E-state index in [9.17, 15) is 4.57 Å². The van der Waals surface area contributed by atoms with E-state index in [1.807, 2.05) is 0 Å². The minimum atomic E-state index is -4.36. The smallest absolute Gasteiger partial charge is 0.303 e. The van der Waals surface area contributed by atoms with E-state index in [1.54, 1.807) is 0 Å². The van der Waals surface area contributed by atoms with Gasteiger partial charge in [0.15, 0.2) is 0 Å². The van der Waals surface area contributed by atoms with E-state index in [4.69, 9.17) is 9.79 Å². The lowest BCUT2D eigenvalue weighted by molar-refractivity contribution is 0.185. The van der Waals surface area contributed by atoms with Crippen molar-refractivity contribution < 1.29 is 18.9 Å². The summed E-state index contributed by atoms with van der Waals surface area (Å²) in [5, 5.41) is 0. The Morgan fingerprint density at radius 3 is 0.490 bits per heavy atom. The van der Waals surface area contributed by atoms with Gasteiger partial charge in [-0.1, -0.05) is 217 Å². The second kappa shape index (κ2) is 61.9. The summed E-state index contributed by atoms with van der Waals surface area (Å²) >= 11 is 0. The van der Waals surface area contributed by atoms with Crippen LogP contribution in [-0.2, 0) is 9.09 Å². The van der Waals surface area contributed by atoms with Gasteiger partial charge in [-0.2, -0.15) is 0 Å². The highest BCUT2D eigenvalue weighted by Crippen LogP contribution is 2.36. The molecule has 0 radical (unpaired) electrons. The van der Waals surface area contributed by atoms with Crippen molar-refractivity contribution in [1.82, 2.24) is 0 Å². The number of phosphoric acid groups is 1. The minimum Gasteiger partial charge on any atom is -0.303 e. The predicted octanol–water partition coefficient (Wildman–Crippen LogP) is 32.2. The first kappa shape index (κ1) is 95.4. The molecule has 0 aromatic carbocycles. The third kappa shape index (κ3) is 65.5. The van der Waals surface area contributed by atoms with Gasteiger partial charge in [0.2, 0.25) is 0 Å². The summed E-state index contributed by atoms with van der Waals surface area (Å²) in [5.74, 6) is 0.372. The molecule has 0 aliphatic rings. The molecule has 100 heavy (non-hydrogen) atoms. The maximum atomic E-state index is 10.9. The Morgan fingerprint density at radius 1 is 0.230 bits per heavy atom. The number of phosphoric ester groups is 1. The van der Waals surface area contributed by atoms with Crippen molar-refractivity contribution in [2.24, 2.45) is 5.92 Å². The van der Waals surface area contributed by atoms with Crippen LogP contribution in [0, 0.1) is 5.92 Å². The summed E-state index contributed by atoms with van der Waals surface area (Å²) in [6.07, 6.45) is 85.7. The molecule has 0 fully saturated rings. The lowest BCUT2D eigenvalue weighted by atomic mass is 10.0. The highest BCUT2D eigenvalue weighted by atomic mass is 31.2. The lowest BCUT2D eigenvalue weighted by Crippen LogP contribution is -2.00. The van der Waals surface area contributed by atoms with Crippen molar-refractivity contribution in [2.75, 3.05) is 6.61 Å². The number of rotatable bonds is 58. The molecule has 0 rings (SSSR count). The van der Waals surface area contributed by atoms with Crippen LogP contribution in [0.5, 0.6) is 0 Å². The third-order valence-corrected chi connectivity index (χ3v) is 20.1. The Morgan fingerprint density at radius 2 is 0.360 bits per heavy atom. The maximum Gasteiger partial charge on any atom is 0.469 e. The first-order chi connectivity index (χ1) is 47.5. The van der Waals surface area contributed by atoms with Crippen molar-refractivity contribution in [3.63, 3.8) is 0 Å². The molecule has 0 unspecified atom stereocenters. The van der Waals surface area contributed by atoms with Crippen LogP contribution in [0.3, 0.4) is 0 Å². The van der Waals surface area contributed by atoms with Crippen molar-refractivity contribution in [3.05, 3.63) is 210 Å². The fourth-order valence-electron chi connectivity index (χ4n) is 12.2. The van der Waals surface area contributed by atoms with Crippen LogP contribution in [0.4, 0.5) is 0 Å². The molecule has 0 bridgehead atoms. The normalized spacial score (nSPS) is 15.5. The molecule has 5 heteroatoms. The predicted molar refractivity (Wildman–Crippen MR) is 451 cm³/mol. The Bertz CT molecular complexity index is 2890. The fraction of sp³-hybridized carbons (Fsp3) is 0.621. The molecule has 0 spiro atoms. The molecule has 0 amide bonds. The Labute approximate surface area is 621 Å². The molecule has 2 N–H and O–H groups in total. The van der Waals surface area contributed by atoms with Gasteiger partial charge < -0.3 is 9.79 Å². The minimum absolute atomic E-state index is 0.105. The summed E-state index contributed by atoms with van der Waals surface area (Å²) in [4.78, 5) is 17.7. The highest BCUT2D eigenvalue weighted by Gasteiger charge is 2.14. The first-order valence-electron chi connectivity index (χ1n) is 40.0. The molecule has 0 aromatic rings. The summed E-state index contributed by atoms with van der Waals surface area (Å²) in [6, 6.07) is 0. The molecule has 0 aromatic heterocycles. The van der Waals surface area contributed by atoms with Crippen molar-refractivity contribution in [1.29, 1.82) is 0 Å². The van der Waals surface area contributed by atoms with Crippen molar-refractivity contribution >= 4 is 7.82 Å². The van der Waals surface area contributed by atoms with E-state index in [0.29, 0.717) is 12.3 Å². The van der Waals surface area contributed by atoms with Gasteiger partial charge in [0, 0.05) is 0 Å². The maximum absolute atomic E-state index is 10.9. The quantitative estimate of drug-likeness (QED) is 0.0470. The third-order valence-electron chi connectivity index (χ3n) is 19.6. The van der Waals surface area contributed by atoms with Crippen LogP contribution in [-0.4, -0.2) is 16.4 Å². The summed E-state index contributed by atoms with van der Waals surface area (Å²) < 4.78 is 15.4. The lowest BCUT2D eigenvalue weighted by Gasteiger charge is -2.11. The largest absolute Gasteiger partial charge is 0.469 e. The molecule has 4 nitrogen and oxygen atoms in total. The van der Waals surface area contributed by atoms with E-state index in [0.717, 1.165) is 180 Å². The second-order valence-electron chi connectivity index (χ2n) is 31.1. The molecule has 566 valence electrons. The monoisotopic (exact) mass is 1390 g/mol. The van der Waals surface area contributed by atoms with Gasteiger partial charge in [-0.25, -0.2) is 4.57 Å². The molecular weight excluding hydrogens is 1240 g/mol. The fourth-order valence-corrected chi connectivity index (χ4v) is 12.5. The van der Waals surface area contributed by atoms with Crippen LogP contribution < -0.4 is 0 Å². The van der Waals surface area contributed by atoms with Gasteiger partial charge in [0.1, 0.15) is 0 Å². The molecule has 0 aliphatic heterocycles. The van der Waals surface area contributed by atoms with E-state index in [1.165, 1.54) is 152 Å². The molecule has 0 heterocycles. The van der Waals surface area contributed by atoms with E-state index in [-0.39, 0.29) is 6.61 Å². The molecule has 0 aliphatic carbocycles. The highest BCUT2D eigenvalue weighted by molar-refractivity contribution is 7.46. The Hall–Kier alpha value is -4.57. The van der Waals surface area contributed by atoms with Gasteiger partial charge in [-0.05, 0) is 375 Å². The van der Waals surface area contributed by atoms with Gasteiger partial charge in [-0.3, -0.25) is 4.52 Å². The summed E-state index contributed by atoms with van der Waals surface area (Å²) in [7, 11) is -4.36. The SMILES string of the molecule is CC(C)=CCC/C(C)=C/CC/C(C)=C/CC/C(C)=C\CC/C(C)=C\CC/C(C)=C\CC/C(C)=C\CC/C(C)=C\CC/C(C)=C\CC/C(C)=C\CC/C(C)=C\CC/C(C)=C\CC/C(C)=C\CC/C(C)=C\CC/C(C)=C\CC/C(C)=C\CC/C(C)=C\CC/C(C)=C\CC[C@H](C)CCOP(=O)(O)O. The van der Waals surface area contributed by atoms with Crippen LogP contribution >= 0.6 is 7.82 Å². The molecule has 1 atom stereocenters. The Balaban J connectivity index is 4.35. The van der Waals surface area contributed by atoms with Gasteiger partial charge in [-0.15, -0.1) is 0 Å². The summed E-state index contributed by atoms with van der Waals surface area (Å²) in [6.45, 7) is 45.7. The number of hydrogen-bond donors (Lipinski definition) is 2. The van der Waals surface area contributed by atoms with Crippen LogP contribution in [0.1, 0.15) is 376 Å². The van der Waals surface area contributed by atoms with Gasteiger partial charge in [0.25, 0.3) is 0 Å². The molecule has 0 saturated carbocycles. The van der Waals surface area contributed by atoms with Crippen molar-refractivity contribution in [2.45, 2.75) is 376 Å². The number of hydrogen-bond acceptors (Lipinski definition) is 2.